The Morgan fingerprint density at radius 3 is 2.79 bits per heavy atom. The second kappa shape index (κ2) is 6.56. The van der Waals surface area contributed by atoms with Crippen molar-refractivity contribution in [1.29, 1.82) is 0 Å². The van der Waals surface area contributed by atoms with Gasteiger partial charge < -0.3 is 15.2 Å². The summed E-state index contributed by atoms with van der Waals surface area (Å²) >= 11 is 1.63. The monoisotopic (exact) mass is 341 g/mol. The summed E-state index contributed by atoms with van der Waals surface area (Å²) in [6.45, 7) is 2.69. The van der Waals surface area contributed by atoms with Crippen LogP contribution in [0, 0.1) is 0 Å². The Balaban J connectivity index is 1.44. The van der Waals surface area contributed by atoms with Crippen LogP contribution in [0.25, 0.3) is 0 Å². The van der Waals surface area contributed by atoms with E-state index in [1.54, 1.807) is 11.3 Å². The van der Waals surface area contributed by atoms with Crippen LogP contribution in [0.4, 0.5) is 11.6 Å². The van der Waals surface area contributed by atoms with Gasteiger partial charge in [0.15, 0.2) is 0 Å². The second-order valence-corrected chi connectivity index (χ2v) is 6.67. The topological polar surface area (TPSA) is 85.8 Å². The van der Waals surface area contributed by atoms with Gasteiger partial charge in [0.05, 0.1) is 17.7 Å². The molecule has 0 aromatic carbocycles. The molecule has 0 saturated carbocycles. The standard InChI is InChI=1S/C16H19N7S/c17-14-7-15(20-10-19-14)22-4-1-12(2-5-22)16-18-3-6-23(16)8-13-9-24-11-21-13/h3,6-7,9-12H,1-2,4-5,8H2,(H2,17,19,20). The van der Waals surface area contributed by atoms with Gasteiger partial charge in [-0.25, -0.2) is 19.9 Å². The number of anilines is 2. The lowest BCUT2D eigenvalue weighted by atomic mass is 9.96. The lowest BCUT2D eigenvalue weighted by Gasteiger charge is -2.32. The number of nitrogens with zero attached hydrogens (tertiary/aromatic N) is 6. The zero-order valence-electron chi connectivity index (χ0n) is 13.2. The molecule has 0 aliphatic carbocycles. The quantitative estimate of drug-likeness (QED) is 0.782. The van der Waals surface area contributed by atoms with Crippen molar-refractivity contribution in [2.75, 3.05) is 23.7 Å². The summed E-state index contributed by atoms with van der Waals surface area (Å²) < 4.78 is 2.22. The van der Waals surface area contributed by atoms with E-state index in [9.17, 15) is 0 Å². The fourth-order valence-corrected chi connectivity index (χ4v) is 3.76. The van der Waals surface area contributed by atoms with Crippen LogP contribution in [0.2, 0.25) is 0 Å². The number of nitrogens with two attached hydrogens (primary N) is 1. The van der Waals surface area contributed by atoms with Crippen LogP contribution in [-0.4, -0.2) is 37.6 Å². The number of hydrogen-bond acceptors (Lipinski definition) is 7. The van der Waals surface area contributed by atoms with E-state index in [-0.39, 0.29) is 0 Å². The first-order valence-electron chi connectivity index (χ1n) is 8.00. The molecule has 1 saturated heterocycles. The first-order valence-corrected chi connectivity index (χ1v) is 8.94. The van der Waals surface area contributed by atoms with Crippen molar-refractivity contribution in [3.63, 3.8) is 0 Å². The molecule has 0 atom stereocenters. The van der Waals surface area contributed by atoms with Gasteiger partial charge in [-0.1, -0.05) is 0 Å². The minimum absolute atomic E-state index is 0.467. The molecule has 124 valence electrons. The van der Waals surface area contributed by atoms with Gasteiger partial charge in [-0.3, -0.25) is 0 Å². The summed E-state index contributed by atoms with van der Waals surface area (Å²) in [5, 5.41) is 2.09. The van der Waals surface area contributed by atoms with Gasteiger partial charge in [0.25, 0.3) is 0 Å². The second-order valence-electron chi connectivity index (χ2n) is 5.96. The van der Waals surface area contributed by atoms with Gasteiger partial charge >= 0.3 is 0 Å². The van der Waals surface area contributed by atoms with E-state index in [0.717, 1.165) is 49.8 Å². The van der Waals surface area contributed by atoms with E-state index in [2.05, 4.69) is 34.8 Å². The fourth-order valence-electron chi connectivity index (χ4n) is 3.21. The van der Waals surface area contributed by atoms with Gasteiger partial charge in [-0.15, -0.1) is 11.3 Å². The molecule has 2 N–H and O–H groups in total. The molecule has 4 heterocycles. The van der Waals surface area contributed by atoms with Crippen LogP contribution in [0.5, 0.6) is 0 Å². The Morgan fingerprint density at radius 1 is 1.17 bits per heavy atom. The highest BCUT2D eigenvalue weighted by molar-refractivity contribution is 7.07. The summed E-state index contributed by atoms with van der Waals surface area (Å²) in [6.07, 6.45) is 7.57. The number of rotatable bonds is 4. The minimum Gasteiger partial charge on any atom is -0.384 e. The molecule has 0 spiro atoms. The predicted molar refractivity (Wildman–Crippen MR) is 94.1 cm³/mol. The predicted octanol–water partition coefficient (Wildman–Crippen LogP) is 2.14. The van der Waals surface area contributed by atoms with Crippen LogP contribution in [0.1, 0.15) is 30.3 Å². The van der Waals surface area contributed by atoms with Crippen molar-refractivity contribution >= 4 is 23.0 Å². The van der Waals surface area contributed by atoms with Gasteiger partial charge in [0.2, 0.25) is 0 Å². The molecule has 3 aromatic rings. The molecule has 8 heteroatoms. The third-order valence-corrected chi connectivity index (χ3v) is 5.06. The van der Waals surface area contributed by atoms with Crippen molar-refractivity contribution in [3.05, 3.63) is 47.2 Å². The molecule has 1 aliphatic heterocycles. The van der Waals surface area contributed by atoms with Crippen LogP contribution in [0.3, 0.4) is 0 Å². The number of thiazole rings is 1. The summed E-state index contributed by atoms with van der Waals surface area (Å²) in [7, 11) is 0. The SMILES string of the molecule is Nc1cc(N2CCC(c3nccn3Cc3cscn3)CC2)ncn1. The highest BCUT2D eigenvalue weighted by Gasteiger charge is 2.24. The molecule has 1 aliphatic rings. The average Bonchev–Trinajstić information content (AvgIpc) is 3.27. The van der Waals surface area contributed by atoms with Crippen LogP contribution >= 0.6 is 11.3 Å². The summed E-state index contributed by atoms with van der Waals surface area (Å²) in [5.41, 5.74) is 8.72. The lowest BCUT2D eigenvalue weighted by Crippen LogP contribution is -2.34. The Bertz CT molecular complexity index is 790. The van der Waals surface area contributed by atoms with E-state index in [1.807, 2.05) is 24.0 Å². The highest BCUT2D eigenvalue weighted by atomic mass is 32.1. The van der Waals surface area contributed by atoms with E-state index in [0.29, 0.717) is 11.7 Å². The first kappa shape index (κ1) is 15.1. The third-order valence-electron chi connectivity index (χ3n) is 4.42. The molecule has 7 nitrogen and oxygen atoms in total. The molecule has 0 bridgehead atoms. The molecule has 0 unspecified atom stereocenters. The number of imidazole rings is 1. The molecular formula is C16H19N7S. The number of piperidine rings is 1. The summed E-state index contributed by atoms with van der Waals surface area (Å²) in [4.78, 5) is 19.5. The van der Waals surface area contributed by atoms with Crippen molar-refractivity contribution in [1.82, 2.24) is 24.5 Å². The maximum atomic E-state index is 5.76. The van der Waals surface area contributed by atoms with Crippen LogP contribution < -0.4 is 10.6 Å². The molecule has 0 radical (unpaired) electrons. The summed E-state index contributed by atoms with van der Waals surface area (Å²) in [5.74, 6) is 3.05. The number of aromatic nitrogens is 5. The number of hydrogen-bond donors (Lipinski definition) is 1. The van der Waals surface area contributed by atoms with Crippen molar-refractivity contribution in [2.24, 2.45) is 0 Å². The van der Waals surface area contributed by atoms with Gasteiger partial charge in [0, 0.05) is 42.8 Å². The first-order chi connectivity index (χ1) is 11.8. The van der Waals surface area contributed by atoms with Gasteiger partial charge in [0.1, 0.15) is 23.8 Å². The molecule has 24 heavy (non-hydrogen) atoms. The van der Waals surface area contributed by atoms with E-state index < -0.39 is 0 Å². The normalized spacial score (nSPS) is 15.8. The zero-order valence-corrected chi connectivity index (χ0v) is 14.1. The summed E-state index contributed by atoms with van der Waals surface area (Å²) in [6, 6.07) is 1.84. The maximum absolute atomic E-state index is 5.76. The number of nitrogen functional groups attached to an aromatic ring is 1. The largest absolute Gasteiger partial charge is 0.384 e. The zero-order chi connectivity index (χ0) is 16.4. The molecule has 1 fully saturated rings. The molecule has 0 amide bonds. The average molecular weight is 341 g/mol. The van der Waals surface area contributed by atoms with Gasteiger partial charge in [-0.2, -0.15) is 0 Å². The molecule has 4 rings (SSSR count). The van der Waals surface area contributed by atoms with Crippen molar-refractivity contribution < 1.29 is 0 Å². The highest BCUT2D eigenvalue weighted by Crippen LogP contribution is 2.29. The maximum Gasteiger partial charge on any atom is 0.134 e. The minimum atomic E-state index is 0.467. The smallest absolute Gasteiger partial charge is 0.134 e. The van der Waals surface area contributed by atoms with Crippen LogP contribution in [-0.2, 0) is 6.54 Å². The van der Waals surface area contributed by atoms with Gasteiger partial charge in [-0.05, 0) is 12.8 Å². The van der Waals surface area contributed by atoms with E-state index in [1.165, 1.54) is 6.33 Å². The van der Waals surface area contributed by atoms with Crippen molar-refractivity contribution in [3.8, 4) is 0 Å². The lowest BCUT2D eigenvalue weighted by molar-refractivity contribution is 0.468. The third kappa shape index (κ3) is 3.09. The Morgan fingerprint density at radius 2 is 2.04 bits per heavy atom. The Kier molecular flexibility index (Phi) is 4.12. The Hall–Kier alpha value is -2.48. The molecule has 3 aromatic heterocycles. The van der Waals surface area contributed by atoms with E-state index in [4.69, 9.17) is 5.73 Å². The van der Waals surface area contributed by atoms with E-state index >= 15 is 0 Å². The van der Waals surface area contributed by atoms with Crippen LogP contribution in [0.15, 0.2) is 35.7 Å². The molecular weight excluding hydrogens is 322 g/mol. The van der Waals surface area contributed by atoms with Crippen molar-refractivity contribution in [2.45, 2.75) is 25.3 Å². The fraction of sp³-hybridized carbons (Fsp3) is 0.375. The Labute approximate surface area is 144 Å².